The predicted molar refractivity (Wildman–Crippen MR) is 124 cm³/mol. The first kappa shape index (κ1) is 28.2. The molecule has 1 heterocycles. The van der Waals surface area contributed by atoms with E-state index in [4.69, 9.17) is 5.73 Å². The number of aromatic nitrogens is 2. The van der Waals surface area contributed by atoms with Crippen LogP contribution >= 0.6 is 0 Å². The van der Waals surface area contributed by atoms with Crippen molar-refractivity contribution in [2.75, 3.05) is 6.61 Å². The number of carboxylic acids is 1. The van der Waals surface area contributed by atoms with Crippen molar-refractivity contribution in [3.8, 4) is 5.75 Å². The number of hydrogen-bond acceptors (Lipinski definition) is 9. The Morgan fingerprint density at radius 2 is 1.61 bits per heavy atom. The Morgan fingerprint density at radius 3 is 2.14 bits per heavy atom. The number of amides is 3. The summed E-state index contributed by atoms with van der Waals surface area (Å²) in [4.78, 5) is 56.1. The Kier molecular flexibility index (Phi) is 10.3. The Bertz CT molecular complexity index is 1030. The Morgan fingerprint density at radius 1 is 1.00 bits per heavy atom. The highest BCUT2D eigenvalue weighted by molar-refractivity contribution is 5.94. The molecule has 5 unspecified atom stereocenters. The molecule has 2 rings (SSSR count). The van der Waals surface area contributed by atoms with Gasteiger partial charge in [-0.1, -0.05) is 12.1 Å². The quantitative estimate of drug-likeness (QED) is 0.135. The number of aromatic hydroxyl groups is 1. The lowest BCUT2D eigenvalue weighted by Gasteiger charge is -2.25. The van der Waals surface area contributed by atoms with Gasteiger partial charge >= 0.3 is 5.97 Å². The van der Waals surface area contributed by atoms with Gasteiger partial charge in [0.25, 0.3) is 0 Å². The lowest BCUT2D eigenvalue weighted by molar-refractivity contribution is -0.145. The SMILES string of the molecule is CC(O)C(NC(=O)C(Cc1ccc(O)cc1)NC(=O)C(CO)NC(=O)C(N)Cc1cnc[nH]1)C(=O)O. The van der Waals surface area contributed by atoms with E-state index in [0.29, 0.717) is 11.3 Å². The molecule has 0 saturated heterocycles. The minimum absolute atomic E-state index is 0.0293. The second-order valence-electron chi connectivity index (χ2n) is 8.13. The largest absolute Gasteiger partial charge is 0.508 e. The zero-order valence-corrected chi connectivity index (χ0v) is 19.4. The number of aliphatic hydroxyl groups is 2. The van der Waals surface area contributed by atoms with Crippen LogP contribution in [0.1, 0.15) is 18.2 Å². The number of rotatable bonds is 13. The smallest absolute Gasteiger partial charge is 0.328 e. The topological polar surface area (TPSA) is 240 Å². The fraction of sp³-hybridized carbons (Fsp3) is 0.409. The van der Waals surface area contributed by atoms with Crippen molar-refractivity contribution in [3.63, 3.8) is 0 Å². The molecule has 0 aliphatic carbocycles. The number of aliphatic hydroxyl groups excluding tert-OH is 2. The van der Waals surface area contributed by atoms with Crippen molar-refractivity contribution < 1.29 is 39.6 Å². The predicted octanol–water partition coefficient (Wildman–Crippen LogP) is -2.86. The lowest BCUT2D eigenvalue weighted by atomic mass is 10.0. The molecular weight excluding hydrogens is 476 g/mol. The maximum absolute atomic E-state index is 12.9. The minimum Gasteiger partial charge on any atom is -0.508 e. The van der Waals surface area contributed by atoms with Gasteiger partial charge in [0.05, 0.1) is 25.1 Å². The van der Waals surface area contributed by atoms with Gasteiger partial charge in [0, 0.05) is 24.7 Å². The normalized spacial score (nSPS) is 15.1. The maximum Gasteiger partial charge on any atom is 0.328 e. The van der Waals surface area contributed by atoms with Crippen LogP contribution in [0.4, 0.5) is 0 Å². The van der Waals surface area contributed by atoms with E-state index in [-0.39, 0.29) is 18.6 Å². The molecule has 1 aromatic carbocycles. The van der Waals surface area contributed by atoms with Crippen LogP contribution in [0.25, 0.3) is 0 Å². The standard InChI is InChI=1S/C22H30N6O8/c1-11(30)18(22(35)36)28-20(33)16(6-12-2-4-14(31)5-3-12)26-21(34)17(9-29)27-19(32)15(23)7-13-8-24-10-25-13/h2-5,8,10-11,15-18,29-31H,6-7,9,23H2,1H3,(H,24,25)(H,26,34)(H,27,32)(H,28,33)(H,35,36). The zero-order chi connectivity index (χ0) is 26.8. The molecule has 0 spiro atoms. The fourth-order valence-corrected chi connectivity index (χ4v) is 3.19. The Hall–Kier alpha value is -4.01. The molecule has 36 heavy (non-hydrogen) atoms. The average Bonchev–Trinajstić information content (AvgIpc) is 3.33. The molecular formula is C22H30N6O8. The van der Waals surface area contributed by atoms with Gasteiger partial charge < -0.3 is 47.1 Å². The van der Waals surface area contributed by atoms with Gasteiger partial charge in [0.1, 0.15) is 17.8 Å². The summed E-state index contributed by atoms with van der Waals surface area (Å²) in [5, 5.41) is 44.9. The first-order chi connectivity index (χ1) is 17.0. The maximum atomic E-state index is 12.9. The molecule has 14 heteroatoms. The number of nitrogens with one attached hydrogen (secondary N) is 4. The van der Waals surface area contributed by atoms with E-state index in [1.54, 1.807) is 0 Å². The highest BCUT2D eigenvalue weighted by Gasteiger charge is 2.32. The summed E-state index contributed by atoms with van der Waals surface area (Å²) < 4.78 is 0. The van der Waals surface area contributed by atoms with E-state index < -0.39 is 60.6 Å². The summed E-state index contributed by atoms with van der Waals surface area (Å²) in [7, 11) is 0. The monoisotopic (exact) mass is 506 g/mol. The molecule has 2 aromatic rings. The third-order valence-corrected chi connectivity index (χ3v) is 5.20. The second kappa shape index (κ2) is 13.2. The van der Waals surface area contributed by atoms with Crippen LogP contribution in [-0.4, -0.2) is 91.0 Å². The summed E-state index contributed by atoms with van der Waals surface area (Å²) in [5.41, 5.74) is 6.94. The minimum atomic E-state index is -1.65. The van der Waals surface area contributed by atoms with Crippen molar-refractivity contribution in [2.24, 2.45) is 5.73 Å². The second-order valence-corrected chi connectivity index (χ2v) is 8.13. The van der Waals surface area contributed by atoms with Crippen LogP contribution in [0.15, 0.2) is 36.8 Å². The number of imidazole rings is 1. The van der Waals surface area contributed by atoms with Crippen molar-refractivity contribution in [1.82, 2.24) is 25.9 Å². The number of nitrogens with zero attached hydrogens (tertiary/aromatic N) is 1. The third-order valence-electron chi connectivity index (χ3n) is 5.20. The average molecular weight is 507 g/mol. The van der Waals surface area contributed by atoms with Gasteiger partial charge in [0.15, 0.2) is 6.04 Å². The lowest BCUT2D eigenvalue weighted by Crippen LogP contribution is -2.59. The number of hydrogen-bond donors (Lipinski definition) is 9. The van der Waals surface area contributed by atoms with E-state index in [0.717, 1.165) is 0 Å². The first-order valence-electron chi connectivity index (χ1n) is 10.9. The number of phenols is 1. The number of H-pyrrole nitrogens is 1. The number of nitrogens with two attached hydrogens (primary N) is 1. The molecule has 0 radical (unpaired) electrons. The number of aliphatic carboxylic acids is 1. The first-order valence-corrected chi connectivity index (χ1v) is 10.9. The van der Waals surface area contributed by atoms with Crippen LogP contribution < -0.4 is 21.7 Å². The molecule has 1 aromatic heterocycles. The van der Waals surface area contributed by atoms with E-state index in [1.807, 2.05) is 0 Å². The fourth-order valence-electron chi connectivity index (χ4n) is 3.19. The summed E-state index contributed by atoms with van der Waals surface area (Å²) >= 11 is 0. The number of benzene rings is 1. The zero-order valence-electron chi connectivity index (χ0n) is 19.4. The van der Waals surface area contributed by atoms with E-state index >= 15 is 0 Å². The summed E-state index contributed by atoms with van der Waals surface area (Å²) in [5.74, 6) is -4.11. The van der Waals surface area contributed by atoms with E-state index in [2.05, 4.69) is 25.9 Å². The third kappa shape index (κ3) is 8.33. The van der Waals surface area contributed by atoms with Crippen LogP contribution in [0.5, 0.6) is 5.75 Å². The molecule has 14 nitrogen and oxygen atoms in total. The van der Waals surface area contributed by atoms with Crippen molar-refractivity contribution in [2.45, 2.75) is 50.0 Å². The van der Waals surface area contributed by atoms with Gasteiger partial charge in [-0.3, -0.25) is 14.4 Å². The molecule has 0 aliphatic heterocycles. The summed E-state index contributed by atoms with van der Waals surface area (Å²) in [6.45, 7) is 0.365. The molecule has 0 aliphatic rings. The highest BCUT2D eigenvalue weighted by Crippen LogP contribution is 2.12. The van der Waals surface area contributed by atoms with E-state index in [1.165, 1.54) is 43.7 Å². The van der Waals surface area contributed by atoms with Crippen molar-refractivity contribution >= 4 is 23.7 Å². The van der Waals surface area contributed by atoms with Crippen LogP contribution in [0.3, 0.4) is 0 Å². The number of phenolic OH excluding ortho intramolecular Hbond substituents is 1. The van der Waals surface area contributed by atoms with Gasteiger partial charge in [-0.2, -0.15) is 0 Å². The van der Waals surface area contributed by atoms with Crippen molar-refractivity contribution in [1.29, 1.82) is 0 Å². The Labute approximate surface area is 205 Å². The summed E-state index contributed by atoms with van der Waals surface area (Å²) in [6.07, 6.45) is 1.42. The Balaban J connectivity index is 2.14. The van der Waals surface area contributed by atoms with E-state index in [9.17, 15) is 39.6 Å². The number of carbonyl (C=O) groups excluding carboxylic acids is 3. The van der Waals surface area contributed by atoms with Gasteiger partial charge in [0.2, 0.25) is 17.7 Å². The molecule has 0 bridgehead atoms. The van der Waals surface area contributed by atoms with Crippen molar-refractivity contribution in [3.05, 3.63) is 48.0 Å². The molecule has 10 N–H and O–H groups in total. The van der Waals surface area contributed by atoms with Gasteiger partial charge in [-0.15, -0.1) is 0 Å². The molecule has 0 saturated carbocycles. The van der Waals surface area contributed by atoms with Crippen LogP contribution in [0, 0.1) is 0 Å². The number of aromatic amines is 1. The molecule has 3 amide bonds. The molecule has 196 valence electrons. The molecule has 0 fully saturated rings. The summed E-state index contributed by atoms with van der Waals surface area (Å²) in [6, 6.07) is 0.172. The number of carboxylic acid groups (broad SMARTS) is 1. The van der Waals surface area contributed by atoms with Crippen LogP contribution in [0.2, 0.25) is 0 Å². The van der Waals surface area contributed by atoms with Gasteiger partial charge in [-0.25, -0.2) is 9.78 Å². The van der Waals surface area contributed by atoms with Crippen LogP contribution in [-0.2, 0) is 32.0 Å². The molecule has 5 atom stereocenters. The van der Waals surface area contributed by atoms with Gasteiger partial charge in [-0.05, 0) is 24.6 Å². The highest BCUT2D eigenvalue weighted by atomic mass is 16.4. The number of carbonyl (C=O) groups is 4.